The van der Waals surface area contributed by atoms with E-state index in [0.29, 0.717) is 11.3 Å². The summed E-state index contributed by atoms with van der Waals surface area (Å²) in [5.41, 5.74) is 6.46. The Balaban J connectivity index is 2.43. The van der Waals surface area contributed by atoms with E-state index in [4.69, 9.17) is 15.2 Å². The van der Waals surface area contributed by atoms with E-state index >= 15 is 0 Å². The fourth-order valence-electron chi connectivity index (χ4n) is 1.11. The predicted molar refractivity (Wildman–Crippen MR) is 59.0 cm³/mol. The van der Waals surface area contributed by atoms with Crippen LogP contribution >= 0.6 is 0 Å². The van der Waals surface area contributed by atoms with Crippen molar-refractivity contribution in [1.82, 2.24) is 0 Å². The second-order valence-corrected chi connectivity index (χ2v) is 3.33. The van der Waals surface area contributed by atoms with Crippen molar-refractivity contribution in [1.29, 1.82) is 0 Å². The maximum absolute atomic E-state index is 11.4. The number of rotatable bonds is 5. The third-order valence-electron chi connectivity index (χ3n) is 1.91. The second kappa shape index (κ2) is 6.09. The number of methoxy groups -OCH3 is 1. The van der Waals surface area contributed by atoms with E-state index in [1.807, 2.05) is 0 Å². The van der Waals surface area contributed by atoms with E-state index < -0.39 is 12.1 Å². The summed E-state index contributed by atoms with van der Waals surface area (Å²) >= 11 is 0. The number of esters is 1. The summed E-state index contributed by atoms with van der Waals surface area (Å²) in [5.74, 6) is -0.491. The number of hydrogen-bond donors (Lipinski definition) is 2. The Kier molecular flexibility index (Phi) is 4.75. The van der Waals surface area contributed by atoms with Crippen LogP contribution in [0.5, 0.6) is 0 Å². The van der Waals surface area contributed by atoms with Crippen molar-refractivity contribution in [2.45, 2.75) is 6.10 Å². The Hall–Kier alpha value is -1.59. The van der Waals surface area contributed by atoms with Crippen molar-refractivity contribution in [2.24, 2.45) is 0 Å². The number of anilines is 1. The zero-order chi connectivity index (χ0) is 12.0. The van der Waals surface area contributed by atoms with Crippen LogP contribution in [0.3, 0.4) is 0 Å². The number of aliphatic hydroxyl groups is 1. The molecule has 1 aromatic carbocycles. The summed E-state index contributed by atoms with van der Waals surface area (Å²) in [4.78, 5) is 11.4. The molecule has 0 aliphatic carbocycles. The fraction of sp³-hybridized carbons (Fsp3) is 0.364. The first-order valence-electron chi connectivity index (χ1n) is 4.83. The van der Waals surface area contributed by atoms with Gasteiger partial charge in [-0.15, -0.1) is 0 Å². The monoisotopic (exact) mass is 225 g/mol. The van der Waals surface area contributed by atoms with Crippen LogP contribution in [0.1, 0.15) is 10.4 Å². The number of carbonyl (C=O) groups is 1. The summed E-state index contributed by atoms with van der Waals surface area (Å²) in [6.45, 7) is 0.0477. The molecule has 0 fully saturated rings. The largest absolute Gasteiger partial charge is 0.459 e. The molecule has 88 valence electrons. The van der Waals surface area contributed by atoms with Crippen molar-refractivity contribution in [3.63, 3.8) is 0 Å². The lowest BCUT2D eigenvalue weighted by molar-refractivity contribution is 0.000144. The summed E-state index contributed by atoms with van der Waals surface area (Å²) in [7, 11) is 1.46. The molecular formula is C11H15NO4. The molecular weight excluding hydrogens is 210 g/mol. The molecule has 1 atom stereocenters. The zero-order valence-corrected chi connectivity index (χ0v) is 9.05. The van der Waals surface area contributed by atoms with Gasteiger partial charge in [-0.05, 0) is 24.3 Å². The highest BCUT2D eigenvalue weighted by molar-refractivity contribution is 5.89. The second-order valence-electron chi connectivity index (χ2n) is 3.33. The number of nitrogens with two attached hydrogens (primary N) is 1. The van der Waals surface area contributed by atoms with Gasteiger partial charge >= 0.3 is 5.97 Å². The van der Waals surface area contributed by atoms with Gasteiger partial charge in [-0.1, -0.05) is 0 Å². The number of nitrogen functional groups attached to an aromatic ring is 1. The first-order valence-corrected chi connectivity index (χ1v) is 4.83. The van der Waals surface area contributed by atoms with E-state index in [2.05, 4.69) is 0 Å². The first-order chi connectivity index (χ1) is 7.63. The lowest BCUT2D eigenvalue weighted by Gasteiger charge is -2.10. The molecule has 1 unspecified atom stereocenters. The van der Waals surface area contributed by atoms with Gasteiger partial charge in [0.05, 0.1) is 12.2 Å². The minimum absolute atomic E-state index is 0.0863. The Bertz CT molecular complexity index is 336. The third kappa shape index (κ3) is 3.88. The highest BCUT2D eigenvalue weighted by Crippen LogP contribution is 2.07. The van der Waals surface area contributed by atoms with E-state index in [-0.39, 0.29) is 13.2 Å². The van der Waals surface area contributed by atoms with Crippen molar-refractivity contribution in [2.75, 3.05) is 26.1 Å². The molecule has 0 aliphatic rings. The highest BCUT2D eigenvalue weighted by atomic mass is 16.5. The highest BCUT2D eigenvalue weighted by Gasteiger charge is 2.10. The SMILES string of the molecule is COCC(O)COC(=O)c1ccc(N)cc1. The molecule has 0 aromatic heterocycles. The number of aliphatic hydroxyl groups excluding tert-OH is 1. The van der Waals surface area contributed by atoms with Gasteiger partial charge in [0.15, 0.2) is 0 Å². The molecule has 1 rings (SSSR count). The first kappa shape index (κ1) is 12.5. The topological polar surface area (TPSA) is 81.8 Å². The third-order valence-corrected chi connectivity index (χ3v) is 1.91. The van der Waals surface area contributed by atoms with Crippen LogP contribution in [0.15, 0.2) is 24.3 Å². The Morgan fingerprint density at radius 3 is 2.56 bits per heavy atom. The molecule has 0 radical (unpaired) electrons. The molecule has 0 amide bonds. The Labute approximate surface area is 93.8 Å². The molecule has 0 saturated carbocycles. The lowest BCUT2D eigenvalue weighted by Crippen LogP contribution is -2.23. The van der Waals surface area contributed by atoms with Gasteiger partial charge < -0.3 is 20.3 Å². The molecule has 0 bridgehead atoms. The number of ether oxygens (including phenoxy) is 2. The Morgan fingerprint density at radius 2 is 2.00 bits per heavy atom. The molecule has 0 heterocycles. The molecule has 5 nitrogen and oxygen atoms in total. The van der Waals surface area contributed by atoms with Crippen LogP contribution in [0, 0.1) is 0 Å². The summed E-state index contributed by atoms with van der Waals surface area (Å²) in [6.07, 6.45) is -0.803. The molecule has 16 heavy (non-hydrogen) atoms. The standard InChI is InChI=1S/C11H15NO4/c1-15-6-10(13)7-16-11(14)8-2-4-9(12)5-3-8/h2-5,10,13H,6-7,12H2,1H3. The van der Waals surface area contributed by atoms with Crippen LogP contribution in [0.2, 0.25) is 0 Å². The van der Waals surface area contributed by atoms with E-state index in [0.717, 1.165) is 0 Å². The van der Waals surface area contributed by atoms with Gasteiger partial charge in [-0.3, -0.25) is 0 Å². The maximum atomic E-state index is 11.4. The van der Waals surface area contributed by atoms with Crippen molar-refractivity contribution >= 4 is 11.7 Å². The predicted octanol–water partition coefficient (Wildman–Crippen LogP) is 0.433. The van der Waals surface area contributed by atoms with Crippen LogP contribution in [-0.4, -0.2) is 37.5 Å². The minimum atomic E-state index is -0.803. The quantitative estimate of drug-likeness (QED) is 0.561. The maximum Gasteiger partial charge on any atom is 0.338 e. The number of carbonyl (C=O) groups excluding carboxylic acids is 1. The summed E-state index contributed by atoms with van der Waals surface area (Å²) in [5, 5.41) is 9.27. The molecule has 0 aliphatic heterocycles. The van der Waals surface area contributed by atoms with E-state index in [1.165, 1.54) is 7.11 Å². The van der Waals surface area contributed by atoms with Gasteiger partial charge in [-0.2, -0.15) is 0 Å². The van der Waals surface area contributed by atoms with Gasteiger partial charge in [0.25, 0.3) is 0 Å². The van der Waals surface area contributed by atoms with Gasteiger partial charge in [0.2, 0.25) is 0 Å². The molecule has 0 spiro atoms. The molecule has 3 N–H and O–H groups in total. The van der Waals surface area contributed by atoms with E-state index in [1.54, 1.807) is 24.3 Å². The number of hydrogen-bond acceptors (Lipinski definition) is 5. The van der Waals surface area contributed by atoms with Gasteiger partial charge in [-0.25, -0.2) is 4.79 Å². The van der Waals surface area contributed by atoms with Crippen LogP contribution in [-0.2, 0) is 9.47 Å². The van der Waals surface area contributed by atoms with Crippen LogP contribution < -0.4 is 5.73 Å². The van der Waals surface area contributed by atoms with Crippen molar-refractivity contribution in [3.8, 4) is 0 Å². The average Bonchev–Trinajstić information content (AvgIpc) is 2.27. The van der Waals surface area contributed by atoms with Crippen molar-refractivity contribution < 1.29 is 19.4 Å². The number of benzene rings is 1. The molecule has 1 aromatic rings. The minimum Gasteiger partial charge on any atom is -0.459 e. The van der Waals surface area contributed by atoms with E-state index in [9.17, 15) is 9.90 Å². The average molecular weight is 225 g/mol. The smallest absolute Gasteiger partial charge is 0.338 e. The van der Waals surface area contributed by atoms with Crippen LogP contribution in [0.25, 0.3) is 0 Å². The van der Waals surface area contributed by atoms with Crippen LogP contribution in [0.4, 0.5) is 5.69 Å². The molecule has 0 saturated heterocycles. The van der Waals surface area contributed by atoms with Gasteiger partial charge in [0, 0.05) is 12.8 Å². The summed E-state index contributed by atoms with van der Waals surface area (Å²) in [6, 6.07) is 6.37. The lowest BCUT2D eigenvalue weighted by atomic mass is 10.2. The van der Waals surface area contributed by atoms with Crippen molar-refractivity contribution in [3.05, 3.63) is 29.8 Å². The normalized spacial score (nSPS) is 12.1. The van der Waals surface area contributed by atoms with Gasteiger partial charge in [0.1, 0.15) is 12.7 Å². The summed E-state index contributed by atoms with van der Waals surface area (Å²) < 4.78 is 9.57. The Morgan fingerprint density at radius 1 is 1.38 bits per heavy atom. The molecule has 5 heteroatoms. The zero-order valence-electron chi connectivity index (χ0n) is 9.05. The fourth-order valence-corrected chi connectivity index (χ4v) is 1.11.